The van der Waals surface area contributed by atoms with Crippen LogP contribution in [0, 0.1) is 5.82 Å². The third-order valence-corrected chi connectivity index (χ3v) is 6.51. The molecule has 0 aliphatic carbocycles. The van der Waals surface area contributed by atoms with E-state index in [9.17, 15) is 18.8 Å². The molecule has 0 unspecified atom stereocenters. The smallest absolute Gasteiger partial charge is 0.257 e. The number of carbonyl (C=O) groups is 3. The zero-order valence-corrected chi connectivity index (χ0v) is 20.9. The van der Waals surface area contributed by atoms with E-state index in [1.165, 1.54) is 24.3 Å². The van der Waals surface area contributed by atoms with Crippen LogP contribution >= 0.6 is 0 Å². The van der Waals surface area contributed by atoms with Crippen molar-refractivity contribution in [2.45, 2.75) is 38.1 Å². The molecule has 2 N–H and O–H groups in total. The highest BCUT2D eigenvalue weighted by atomic mass is 19.1. The molecule has 37 heavy (non-hydrogen) atoms. The van der Waals surface area contributed by atoms with E-state index in [0.717, 1.165) is 38.8 Å². The van der Waals surface area contributed by atoms with Gasteiger partial charge in [0.05, 0.1) is 13.7 Å². The summed E-state index contributed by atoms with van der Waals surface area (Å²) < 4.78 is 18.5. The Labute approximate surface area is 215 Å². The number of nitrogens with zero attached hydrogens (tertiary/aromatic N) is 3. The number of hydrogen-bond donors (Lipinski definition) is 2. The van der Waals surface area contributed by atoms with Gasteiger partial charge in [0.1, 0.15) is 17.6 Å². The van der Waals surface area contributed by atoms with Crippen LogP contribution in [0.1, 0.15) is 42.5 Å². The van der Waals surface area contributed by atoms with Gasteiger partial charge in [-0.15, -0.1) is 0 Å². The van der Waals surface area contributed by atoms with Crippen molar-refractivity contribution >= 4 is 29.4 Å². The predicted molar refractivity (Wildman–Crippen MR) is 138 cm³/mol. The Balaban J connectivity index is 1.55. The van der Waals surface area contributed by atoms with Crippen LogP contribution in [0.3, 0.4) is 0 Å². The van der Waals surface area contributed by atoms with Crippen LogP contribution in [-0.4, -0.2) is 72.8 Å². The molecule has 2 fully saturated rings. The summed E-state index contributed by atoms with van der Waals surface area (Å²) in [7, 11) is 1.57. The van der Waals surface area contributed by atoms with Crippen LogP contribution in [0.25, 0.3) is 0 Å². The molecule has 0 bridgehead atoms. The second-order valence-electron chi connectivity index (χ2n) is 9.15. The number of nitrogens with one attached hydrogen (secondary N) is 2. The Morgan fingerprint density at radius 2 is 1.68 bits per heavy atom. The lowest BCUT2D eigenvalue weighted by Gasteiger charge is -2.25. The molecular formula is C27H32FN5O4. The van der Waals surface area contributed by atoms with E-state index in [2.05, 4.69) is 15.6 Å². The highest BCUT2D eigenvalue weighted by Gasteiger charge is 2.30. The van der Waals surface area contributed by atoms with Gasteiger partial charge in [-0.3, -0.25) is 19.7 Å². The molecule has 4 rings (SSSR count). The lowest BCUT2D eigenvalue weighted by molar-refractivity contribution is -0.140. The molecule has 2 heterocycles. The zero-order valence-electron chi connectivity index (χ0n) is 20.9. The maximum atomic E-state index is 13.4. The third kappa shape index (κ3) is 7.05. The minimum absolute atomic E-state index is 0.0357. The number of aliphatic imine (C=N–C) groups is 1. The summed E-state index contributed by atoms with van der Waals surface area (Å²) in [5.41, 5.74) is 0.872. The van der Waals surface area contributed by atoms with E-state index in [1.807, 2.05) is 0 Å². The third-order valence-electron chi connectivity index (χ3n) is 6.51. The Kier molecular flexibility index (Phi) is 8.71. The Bertz CT molecular complexity index is 1130. The first-order valence-electron chi connectivity index (χ1n) is 12.6. The summed E-state index contributed by atoms with van der Waals surface area (Å²) in [6, 6.07) is 11.4. The van der Waals surface area contributed by atoms with Crippen molar-refractivity contribution in [1.82, 2.24) is 15.1 Å². The minimum Gasteiger partial charge on any atom is -0.497 e. The Morgan fingerprint density at radius 1 is 1.00 bits per heavy atom. The molecule has 2 aliphatic rings. The van der Waals surface area contributed by atoms with Gasteiger partial charge in [0.15, 0.2) is 0 Å². The summed E-state index contributed by atoms with van der Waals surface area (Å²) in [6.07, 6.45) is 4.00. The quantitative estimate of drug-likeness (QED) is 0.460. The van der Waals surface area contributed by atoms with Gasteiger partial charge >= 0.3 is 0 Å². The number of methoxy groups -OCH3 is 1. The van der Waals surface area contributed by atoms with Gasteiger partial charge < -0.3 is 19.9 Å². The summed E-state index contributed by atoms with van der Waals surface area (Å²) in [4.78, 5) is 47.0. The molecule has 2 aromatic rings. The van der Waals surface area contributed by atoms with Crippen molar-refractivity contribution in [2.24, 2.45) is 4.99 Å². The number of ether oxygens (including phenoxy) is 1. The lowest BCUT2D eigenvalue weighted by Crippen LogP contribution is -2.45. The number of guanidine groups is 1. The van der Waals surface area contributed by atoms with E-state index in [4.69, 9.17) is 4.74 Å². The first kappa shape index (κ1) is 26.1. The van der Waals surface area contributed by atoms with E-state index in [0.29, 0.717) is 24.4 Å². The molecule has 0 radical (unpaired) electrons. The van der Waals surface area contributed by atoms with E-state index < -0.39 is 17.8 Å². The van der Waals surface area contributed by atoms with E-state index >= 15 is 0 Å². The fraction of sp³-hybridized carbons (Fsp3) is 0.407. The molecule has 2 saturated heterocycles. The van der Waals surface area contributed by atoms with Crippen LogP contribution in [-0.2, 0) is 9.59 Å². The first-order chi connectivity index (χ1) is 17.9. The van der Waals surface area contributed by atoms with Gasteiger partial charge in [0.2, 0.25) is 17.8 Å². The normalized spacial score (nSPS) is 18.4. The number of halogens is 1. The highest BCUT2D eigenvalue weighted by molar-refractivity contribution is 6.10. The average Bonchev–Trinajstić information content (AvgIpc) is 3.40. The summed E-state index contributed by atoms with van der Waals surface area (Å²) in [5.74, 6) is -0.481. The molecule has 0 aromatic heterocycles. The van der Waals surface area contributed by atoms with E-state index in [1.54, 1.807) is 41.2 Å². The summed E-state index contributed by atoms with van der Waals surface area (Å²) in [5, 5.41) is 5.79. The van der Waals surface area contributed by atoms with E-state index in [-0.39, 0.29) is 29.9 Å². The maximum Gasteiger partial charge on any atom is 0.257 e. The molecule has 0 spiro atoms. The van der Waals surface area contributed by atoms with Crippen LogP contribution in [0.15, 0.2) is 53.5 Å². The fourth-order valence-corrected chi connectivity index (χ4v) is 4.43. The molecule has 3 amide bonds. The molecule has 10 heteroatoms. The van der Waals surface area contributed by atoms with Crippen molar-refractivity contribution in [2.75, 3.05) is 38.6 Å². The van der Waals surface area contributed by atoms with Crippen molar-refractivity contribution < 1.29 is 23.5 Å². The van der Waals surface area contributed by atoms with Gasteiger partial charge in [-0.05, 0) is 80.6 Å². The summed E-state index contributed by atoms with van der Waals surface area (Å²) >= 11 is 0. The van der Waals surface area contributed by atoms with Gasteiger partial charge in [0.25, 0.3) is 5.91 Å². The van der Waals surface area contributed by atoms with Crippen LogP contribution in [0.2, 0.25) is 0 Å². The average molecular weight is 510 g/mol. The van der Waals surface area contributed by atoms with Gasteiger partial charge in [-0.1, -0.05) is 0 Å². The highest BCUT2D eigenvalue weighted by Crippen LogP contribution is 2.18. The Morgan fingerprint density at radius 3 is 2.35 bits per heavy atom. The number of hydrogen-bond acceptors (Lipinski definition) is 5. The largest absolute Gasteiger partial charge is 0.497 e. The monoisotopic (exact) mass is 509 g/mol. The van der Waals surface area contributed by atoms with Crippen LogP contribution in [0.5, 0.6) is 5.75 Å². The van der Waals surface area contributed by atoms with Crippen LogP contribution in [0.4, 0.5) is 10.1 Å². The number of likely N-dealkylation sites (tertiary alicyclic amines) is 2. The summed E-state index contributed by atoms with van der Waals surface area (Å²) in [6.45, 7) is 1.99. The zero-order chi connectivity index (χ0) is 26.2. The second-order valence-corrected chi connectivity index (χ2v) is 9.15. The molecule has 2 aromatic carbocycles. The number of carbonyl (C=O) groups excluding carboxylic acids is 3. The number of benzene rings is 2. The number of amides is 3. The SMILES string of the molecule is COc1ccc(NC(=N[C@H]2CCCCN(CC(=O)N3CCCC3)C2=O)NC(=O)c2ccc(F)cc2)cc1. The number of anilines is 1. The maximum absolute atomic E-state index is 13.4. The predicted octanol–water partition coefficient (Wildman–Crippen LogP) is 3.04. The van der Waals surface area contributed by atoms with Gasteiger partial charge in [-0.2, -0.15) is 0 Å². The molecule has 0 saturated carbocycles. The van der Waals surface area contributed by atoms with Crippen molar-refractivity contribution in [1.29, 1.82) is 0 Å². The minimum atomic E-state index is -0.761. The van der Waals surface area contributed by atoms with Crippen molar-refractivity contribution in [3.05, 3.63) is 59.9 Å². The molecule has 196 valence electrons. The van der Waals surface area contributed by atoms with Gasteiger partial charge in [-0.25, -0.2) is 9.38 Å². The molecule has 9 nitrogen and oxygen atoms in total. The molecular weight excluding hydrogens is 477 g/mol. The standard InChI is InChI=1S/C27H32FN5O4/c1-37-22-13-11-21(12-14-22)29-27(31-25(35)19-7-9-20(28)10-8-19)30-23-6-2-3-17-33(26(23)36)18-24(34)32-15-4-5-16-32/h7-14,23H,2-6,15-18H2,1H3,(H2,29,30,31,35)/t23-/m0/s1. The topological polar surface area (TPSA) is 103 Å². The fourth-order valence-electron chi connectivity index (χ4n) is 4.43. The Hall–Kier alpha value is -3.95. The van der Waals surface area contributed by atoms with Gasteiger partial charge in [0, 0.05) is 30.9 Å². The van der Waals surface area contributed by atoms with Crippen molar-refractivity contribution in [3.63, 3.8) is 0 Å². The first-order valence-corrected chi connectivity index (χ1v) is 12.6. The van der Waals surface area contributed by atoms with Crippen LogP contribution < -0.4 is 15.4 Å². The molecule has 2 aliphatic heterocycles. The van der Waals surface area contributed by atoms with Crippen molar-refractivity contribution in [3.8, 4) is 5.75 Å². The number of rotatable bonds is 6. The molecule has 1 atom stereocenters. The second kappa shape index (κ2) is 12.3. The lowest BCUT2D eigenvalue weighted by atomic mass is 10.1.